The van der Waals surface area contributed by atoms with Crippen molar-refractivity contribution in [1.29, 1.82) is 0 Å². The Morgan fingerprint density at radius 1 is 1.32 bits per heavy atom. The lowest BCUT2D eigenvalue weighted by atomic mass is 9.88. The van der Waals surface area contributed by atoms with Crippen molar-refractivity contribution in [2.45, 2.75) is 19.9 Å². The lowest BCUT2D eigenvalue weighted by Gasteiger charge is -2.26. The van der Waals surface area contributed by atoms with Crippen LogP contribution in [0.1, 0.15) is 29.3 Å². The molecule has 1 amide bonds. The molecule has 0 N–H and O–H groups in total. The van der Waals surface area contributed by atoms with Crippen molar-refractivity contribution in [2.24, 2.45) is 15.7 Å². The number of aromatic nitrogens is 1. The van der Waals surface area contributed by atoms with Crippen LogP contribution >= 0.6 is 9.24 Å². The van der Waals surface area contributed by atoms with Gasteiger partial charge in [0, 0.05) is 29.5 Å². The Kier molecular flexibility index (Phi) is 6.27. The number of hydrogen-bond donors (Lipinski definition) is 0. The van der Waals surface area contributed by atoms with E-state index >= 15 is 0 Å². The number of pyridine rings is 1. The third kappa shape index (κ3) is 5.06. The smallest absolute Gasteiger partial charge is 0.302 e. The second kappa shape index (κ2) is 8.67. The number of carbonyl (C=O) groups is 1. The molecule has 1 aromatic heterocycles. The Bertz CT molecular complexity index is 886. The van der Waals surface area contributed by atoms with Gasteiger partial charge >= 0.3 is 5.91 Å². The van der Waals surface area contributed by atoms with E-state index in [1.807, 2.05) is 6.21 Å². The highest BCUT2D eigenvalue weighted by Gasteiger charge is 2.31. The van der Waals surface area contributed by atoms with Crippen molar-refractivity contribution in [3.05, 3.63) is 58.6 Å². The van der Waals surface area contributed by atoms with Crippen LogP contribution in [0, 0.1) is 10.3 Å². The Morgan fingerprint density at radius 2 is 2.07 bits per heavy atom. The van der Waals surface area contributed by atoms with Gasteiger partial charge in [-0.2, -0.15) is 5.10 Å². The number of nitroso groups, excluding NO2 is 1. The van der Waals surface area contributed by atoms with Crippen molar-refractivity contribution in [1.82, 2.24) is 9.88 Å². The lowest BCUT2D eigenvalue weighted by molar-refractivity contribution is 0.100. The Morgan fingerprint density at radius 3 is 2.79 bits per heavy atom. The summed E-state index contributed by atoms with van der Waals surface area (Å²) in [5.41, 5.74) is 1.41. The van der Waals surface area contributed by atoms with E-state index in [1.165, 1.54) is 23.1 Å². The van der Waals surface area contributed by atoms with Crippen LogP contribution < -0.4 is 10.3 Å². The second-order valence-electron chi connectivity index (χ2n) is 7.48. The van der Waals surface area contributed by atoms with Gasteiger partial charge in [0.15, 0.2) is 0 Å². The van der Waals surface area contributed by atoms with Gasteiger partial charge in [-0.3, -0.25) is 4.79 Å². The topological polar surface area (TPSA) is 78.2 Å². The first kappa shape index (κ1) is 20.2. The van der Waals surface area contributed by atoms with Crippen LogP contribution in [0.2, 0.25) is 0 Å². The van der Waals surface area contributed by atoms with Crippen LogP contribution in [-0.4, -0.2) is 42.1 Å². The third-order valence-electron chi connectivity index (χ3n) is 4.86. The Hall–Kier alpha value is -2.50. The molecule has 2 heterocycles. The summed E-state index contributed by atoms with van der Waals surface area (Å²) < 4.78 is 0. The molecule has 2 aromatic rings. The van der Waals surface area contributed by atoms with Crippen LogP contribution in [0.15, 0.2) is 52.9 Å². The number of anilines is 1. The molecular weight excluding hydrogens is 373 g/mol. The maximum atomic E-state index is 11.5. The highest BCUT2D eigenvalue weighted by Crippen LogP contribution is 2.29. The maximum absolute atomic E-state index is 11.5. The monoisotopic (exact) mass is 397 g/mol. The van der Waals surface area contributed by atoms with Crippen LogP contribution in [0.5, 0.6) is 0 Å². The second-order valence-corrected chi connectivity index (χ2v) is 8.15. The predicted molar refractivity (Wildman–Crippen MR) is 115 cm³/mol. The minimum absolute atomic E-state index is 0.0945. The predicted octanol–water partition coefficient (Wildman–Crippen LogP) is 2.82. The standard InChI is InChI=1S/C20H24N5O2P/c1-20(8-10-24(2)12-15-3-5-17(28)6-4-15)13-22-25(14-20)18-11-16(7-9-21-18)19(26)23-27/h3-7,9,11,13H,8,10,12,14,28H2,1-2H3. The van der Waals surface area contributed by atoms with Crippen LogP contribution in [0.4, 0.5) is 5.82 Å². The summed E-state index contributed by atoms with van der Waals surface area (Å²) in [6.07, 6.45) is 4.38. The fourth-order valence-electron chi connectivity index (χ4n) is 3.12. The molecule has 7 nitrogen and oxygen atoms in total. The molecule has 0 spiro atoms. The highest BCUT2D eigenvalue weighted by molar-refractivity contribution is 7.27. The van der Waals surface area contributed by atoms with Crippen LogP contribution in [0.3, 0.4) is 0 Å². The molecule has 2 unspecified atom stereocenters. The summed E-state index contributed by atoms with van der Waals surface area (Å²) in [7, 11) is 4.82. The van der Waals surface area contributed by atoms with Gasteiger partial charge in [0.1, 0.15) is 5.82 Å². The summed E-state index contributed by atoms with van der Waals surface area (Å²) in [5.74, 6) is -0.258. The summed E-state index contributed by atoms with van der Waals surface area (Å²) in [5, 5.41) is 9.87. The summed E-state index contributed by atoms with van der Waals surface area (Å²) in [4.78, 5) is 28.5. The van der Waals surface area contributed by atoms with E-state index in [0.717, 1.165) is 19.5 Å². The molecule has 1 aromatic carbocycles. The fraction of sp³-hybridized carbons (Fsp3) is 0.350. The van der Waals surface area contributed by atoms with Crippen molar-refractivity contribution < 1.29 is 4.79 Å². The Labute approximate surface area is 167 Å². The van der Waals surface area contributed by atoms with Gasteiger partial charge in [-0.25, -0.2) is 9.99 Å². The van der Waals surface area contributed by atoms with Crippen LogP contribution in [0.25, 0.3) is 0 Å². The number of amides is 1. The van der Waals surface area contributed by atoms with E-state index in [1.54, 1.807) is 11.1 Å². The molecule has 0 fully saturated rings. The molecule has 0 aliphatic carbocycles. The zero-order chi connectivity index (χ0) is 20.1. The van der Waals surface area contributed by atoms with E-state index in [2.05, 4.69) is 67.6 Å². The lowest BCUT2D eigenvalue weighted by Crippen LogP contribution is -2.31. The van der Waals surface area contributed by atoms with Gasteiger partial charge in [0.05, 0.1) is 12.1 Å². The zero-order valence-corrected chi connectivity index (χ0v) is 17.2. The van der Waals surface area contributed by atoms with Gasteiger partial charge in [0.2, 0.25) is 0 Å². The number of benzene rings is 1. The van der Waals surface area contributed by atoms with E-state index in [-0.39, 0.29) is 11.0 Å². The average molecular weight is 397 g/mol. The first-order chi connectivity index (χ1) is 13.4. The van der Waals surface area contributed by atoms with Gasteiger partial charge < -0.3 is 4.90 Å². The fourth-order valence-corrected chi connectivity index (χ4v) is 3.31. The molecule has 2 atom stereocenters. The summed E-state index contributed by atoms with van der Waals surface area (Å²) in [6, 6.07) is 11.5. The molecule has 146 valence electrons. The zero-order valence-electron chi connectivity index (χ0n) is 16.1. The van der Waals surface area contributed by atoms with E-state index < -0.39 is 5.91 Å². The molecule has 28 heavy (non-hydrogen) atoms. The quantitative estimate of drug-likeness (QED) is 0.530. The Balaban J connectivity index is 1.56. The minimum Gasteiger partial charge on any atom is -0.302 e. The molecule has 0 bridgehead atoms. The van der Waals surface area contributed by atoms with Gasteiger partial charge in [0.25, 0.3) is 0 Å². The van der Waals surface area contributed by atoms with Crippen molar-refractivity contribution in [3.63, 3.8) is 0 Å². The van der Waals surface area contributed by atoms with Gasteiger partial charge in [-0.1, -0.05) is 31.2 Å². The maximum Gasteiger partial charge on any atom is 0.316 e. The molecular formula is C20H24N5O2P. The van der Waals surface area contributed by atoms with E-state index in [0.29, 0.717) is 12.4 Å². The number of carbonyl (C=O) groups excluding carboxylic acids is 1. The van der Waals surface area contributed by atoms with Crippen molar-refractivity contribution >= 4 is 32.5 Å². The largest absolute Gasteiger partial charge is 0.316 e. The minimum atomic E-state index is -0.800. The third-order valence-corrected chi connectivity index (χ3v) is 5.24. The molecule has 8 heteroatoms. The summed E-state index contributed by atoms with van der Waals surface area (Å²) in [6.45, 7) is 4.66. The molecule has 1 aliphatic heterocycles. The molecule has 1 aliphatic rings. The number of rotatable bonds is 7. The van der Waals surface area contributed by atoms with Gasteiger partial charge in [-0.05, 0) is 43.0 Å². The normalized spacial score (nSPS) is 18.6. The van der Waals surface area contributed by atoms with E-state index in [4.69, 9.17) is 0 Å². The van der Waals surface area contributed by atoms with E-state index in [9.17, 15) is 9.70 Å². The highest BCUT2D eigenvalue weighted by atomic mass is 31.0. The molecule has 3 rings (SSSR count). The first-order valence-electron chi connectivity index (χ1n) is 9.08. The van der Waals surface area contributed by atoms with Gasteiger partial charge in [-0.15, -0.1) is 14.1 Å². The van der Waals surface area contributed by atoms with Crippen molar-refractivity contribution in [3.8, 4) is 0 Å². The van der Waals surface area contributed by atoms with Crippen molar-refractivity contribution in [2.75, 3.05) is 25.1 Å². The molecule has 0 saturated carbocycles. The molecule has 0 radical (unpaired) electrons. The average Bonchev–Trinajstić information content (AvgIpc) is 3.10. The SMILES string of the molecule is CN(CCC1(C)C=NN(c2cc(C(=O)N=O)ccn2)C1)Cc1ccc(P)cc1. The number of hydrazone groups is 1. The van der Waals surface area contributed by atoms with Crippen LogP contribution in [-0.2, 0) is 6.54 Å². The number of nitrogens with zero attached hydrogens (tertiary/aromatic N) is 5. The first-order valence-corrected chi connectivity index (χ1v) is 9.66. The number of hydrogen-bond acceptors (Lipinski definition) is 6. The molecule has 0 saturated heterocycles. The summed E-state index contributed by atoms with van der Waals surface area (Å²) >= 11 is 0.